The van der Waals surface area contributed by atoms with E-state index in [1.165, 1.54) is 5.13 Å². The second-order valence-electron chi connectivity index (χ2n) is 0.866. The van der Waals surface area contributed by atoms with Crippen molar-refractivity contribution >= 4 is 59.9 Å². The molecule has 0 rings (SSSR count). The van der Waals surface area contributed by atoms with Gasteiger partial charge < -0.3 is 0 Å². The molecule has 0 bridgehead atoms. The molecule has 0 N–H and O–H groups in total. The number of hydrogen-bond donors (Lipinski definition) is 0. The Labute approximate surface area is 74.0 Å². The predicted molar refractivity (Wildman–Crippen MR) is 52.5 cm³/mol. The summed E-state index contributed by atoms with van der Waals surface area (Å²) in [7, 11) is 0. The zero-order valence-electron chi connectivity index (χ0n) is 3.29. The second kappa shape index (κ2) is 3.73. The summed E-state index contributed by atoms with van der Waals surface area (Å²) in [6.07, 6.45) is 0. The molecule has 0 aliphatic carbocycles. The molecule has 0 radical (unpaired) electrons. The minimum atomic E-state index is -1.000. The van der Waals surface area contributed by atoms with Crippen LogP contribution >= 0.6 is 59.9 Å². The van der Waals surface area contributed by atoms with Crippen LogP contribution < -0.4 is 0 Å². The third-order valence-corrected chi connectivity index (χ3v) is 9.92. The number of hydrogen-bond acceptors (Lipinski definition) is 0. The standard InChI is InChI=1S/C2H5.3HI.V/c1-2;;;;/h1H2,2H3;3*1H;/q;;;;+3/p-3. The van der Waals surface area contributed by atoms with E-state index in [1.807, 2.05) is 0 Å². The van der Waals surface area contributed by atoms with Gasteiger partial charge in [0.05, 0.1) is 0 Å². The number of rotatable bonds is 1. The van der Waals surface area contributed by atoms with Crippen molar-refractivity contribution in [1.82, 2.24) is 0 Å². The topological polar surface area (TPSA) is 0 Å². The van der Waals surface area contributed by atoms with E-state index in [-0.39, 0.29) is 0 Å². The third kappa shape index (κ3) is 6.77. The van der Waals surface area contributed by atoms with Crippen LogP contribution in [0.5, 0.6) is 0 Å². The van der Waals surface area contributed by atoms with E-state index in [1.54, 1.807) is 0 Å². The zero-order chi connectivity index (χ0) is 5.21. The molecule has 0 saturated carbocycles. The molecule has 0 aromatic heterocycles. The fourth-order valence-corrected chi connectivity index (χ4v) is 0. The molecule has 4 heteroatoms. The molecule has 0 spiro atoms. The van der Waals surface area contributed by atoms with Gasteiger partial charge in [-0.2, -0.15) is 0 Å². The molecule has 0 fully saturated rings. The molecule has 0 aromatic rings. The summed E-state index contributed by atoms with van der Waals surface area (Å²) in [6, 6.07) is 0. The first-order valence-electron chi connectivity index (χ1n) is 1.53. The summed E-state index contributed by atoms with van der Waals surface area (Å²) in [5, 5.41) is 1.40. The molecule has 6 heavy (non-hydrogen) atoms. The Kier molecular flexibility index (Phi) is 5.46. The fraction of sp³-hybridized carbons (Fsp3) is 1.00. The molecule has 0 unspecified atom stereocenters. The van der Waals surface area contributed by atoms with E-state index in [0.717, 1.165) is 0 Å². The van der Waals surface area contributed by atoms with E-state index in [9.17, 15) is 0 Å². The Morgan fingerprint density at radius 2 is 1.50 bits per heavy atom. The van der Waals surface area contributed by atoms with Gasteiger partial charge in [-0.05, 0) is 0 Å². The van der Waals surface area contributed by atoms with Gasteiger partial charge in [-0.15, -0.1) is 0 Å². The van der Waals surface area contributed by atoms with Crippen molar-refractivity contribution in [3.05, 3.63) is 0 Å². The van der Waals surface area contributed by atoms with Crippen LogP contribution in [0.15, 0.2) is 0 Å². The molecule has 0 nitrogen and oxygen atoms in total. The van der Waals surface area contributed by atoms with Crippen LogP contribution in [0.3, 0.4) is 0 Å². The first kappa shape index (κ1) is 8.77. The van der Waals surface area contributed by atoms with E-state index >= 15 is 0 Å². The molecule has 0 aliphatic rings. The van der Waals surface area contributed by atoms with E-state index in [0.29, 0.717) is 0 Å². The Morgan fingerprint density at radius 3 is 1.50 bits per heavy atom. The van der Waals surface area contributed by atoms with Crippen LogP contribution in [0, 0.1) is 0 Å². The Balaban J connectivity index is 3.17. The molecular formula is C2H5I3V. The van der Waals surface area contributed by atoms with Gasteiger partial charge in [0, 0.05) is 0 Å². The normalized spacial score (nSPS) is 12.0. The van der Waals surface area contributed by atoms with E-state index < -0.39 is 3.79 Å². The van der Waals surface area contributed by atoms with Crippen LogP contribution in [0.25, 0.3) is 0 Å². The molecular weight excluding hydrogens is 456 g/mol. The van der Waals surface area contributed by atoms with Crippen molar-refractivity contribution in [3.63, 3.8) is 0 Å². The third-order valence-electron chi connectivity index (χ3n) is 0.359. The zero-order valence-corrected chi connectivity index (χ0v) is 11.2. The molecule has 0 aliphatic heterocycles. The van der Waals surface area contributed by atoms with Gasteiger partial charge in [0.1, 0.15) is 0 Å². The summed E-state index contributed by atoms with van der Waals surface area (Å²) in [6.45, 7) is 2.26. The van der Waals surface area contributed by atoms with Gasteiger partial charge in [-0.1, -0.05) is 0 Å². The van der Waals surface area contributed by atoms with Gasteiger partial charge in [-0.3, -0.25) is 0 Å². The van der Waals surface area contributed by atoms with E-state index in [4.69, 9.17) is 0 Å². The molecule has 0 amide bonds. The first-order valence-corrected chi connectivity index (χ1v) is 16.0. The van der Waals surface area contributed by atoms with Crippen LogP contribution in [0.2, 0.25) is 5.13 Å². The van der Waals surface area contributed by atoms with Gasteiger partial charge in [-0.25, -0.2) is 0 Å². The Morgan fingerprint density at radius 1 is 1.33 bits per heavy atom. The molecule has 0 aromatic carbocycles. The summed E-state index contributed by atoms with van der Waals surface area (Å²) >= 11 is 7.76. The first-order chi connectivity index (χ1) is 2.56. The molecule has 0 atom stereocenters. The van der Waals surface area contributed by atoms with Crippen molar-refractivity contribution in [1.29, 1.82) is 0 Å². The van der Waals surface area contributed by atoms with Crippen LogP contribution in [0.1, 0.15) is 6.92 Å². The summed E-state index contributed by atoms with van der Waals surface area (Å²) < 4.78 is -1.000. The van der Waals surface area contributed by atoms with Gasteiger partial charge in [0.15, 0.2) is 0 Å². The maximum atomic E-state index is 2.59. The maximum absolute atomic E-state index is 2.59. The van der Waals surface area contributed by atoms with Crippen molar-refractivity contribution in [3.8, 4) is 0 Å². The summed E-state index contributed by atoms with van der Waals surface area (Å²) in [5.74, 6) is 0. The quantitative estimate of drug-likeness (QED) is 0.524. The fourth-order valence-electron chi connectivity index (χ4n) is 0. The summed E-state index contributed by atoms with van der Waals surface area (Å²) in [4.78, 5) is 0. The van der Waals surface area contributed by atoms with Crippen LogP contribution in [0.4, 0.5) is 0 Å². The summed E-state index contributed by atoms with van der Waals surface area (Å²) in [5.41, 5.74) is 0. The van der Waals surface area contributed by atoms with Crippen molar-refractivity contribution in [2.75, 3.05) is 0 Å². The Hall–Kier alpha value is 2.77. The van der Waals surface area contributed by atoms with Gasteiger partial charge in [0.25, 0.3) is 0 Å². The second-order valence-corrected chi connectivity index (χ2v) is 46.8. The predicted octanol–water partition coefficient (Wildman–Crippen LogP) is 3.63. The Bertz CT molecular complexity index is 38.5. The SMILES string of the molecule is C[CH2][V]([I])([I])[I]. The minimum absolute atomic E-state index is 1.000. The van der Waals surface area contributed by atoms with Gasteiger partial charge in [0.2, 0.25) is 0 Å². The van der Waals surface area contributed by atoms with E-state index in [2.05, 4.69) is 66.9 Å². The molecule has 0 saturated heterocycles. The molecule has 39 valence electrons. The van der Waals surface area contributed by atoms with Crippen LogP contribution in [-0.4, -0.2) is 0 Å². The van der Waals surface area contributed by atoms with Crippen molar-refractivity contribution in [2.24, 2.45) is 0 Å². The van der Waals surface area contributed by atoms with Gasteiger partial charge >= 0.3 is 75.8 Å². The monoisotopic (exact) mass is 461 g/mol. The average molecular weight is 461 g/mol. The van der Waals surface area contributed by atoms with Crippen molar-refractivity contribution in [2.45, 2.75) is 12.1 Å². The average Bonchev–Trinajstić information content (AvgIpc) is 1.35. The molecule has 0 heterocycles. The number of halogens is 3. The van der Waals surface area contributed by atoms with Crippen LogP contribution in [-0.2, 0) is 3.79 Å². The van der Waals surface area contributed by atoms with Crippen molar-refractivity contribution < 1.29 is 3.79 Å².